The highest BCUT2D eigenvalue weighted by Crippen LogP contribution is 2.32. The number of likely N-dealkylation sites (tertiary alicyclic amines) is 1. The van der Waals surface area contributed by atoms with Gasteiger partial charge < -0.3 is 18.9 Å². The largest absolute Gasteiger partial charge is 0.457 e. The van der Waals surface area contributed by atoms with Crippen LogP contribution in [0.1, 0.15) is 42.9 Å². The van der Waals surface area contributed by atoms with Crippen molar-refractivity contribution in [3.05, 3.63) is 65.1 Å². The van der Waals surface area contributed by atoms with E-state index in [4.69, 9.17) is 21.1 Å². The second-order valence-electron chi connectivity index (χ2n) is 9.07. The second kappa shape index (κ2) is 8.90. The third kappa shape index (κ3) is 5.03. The van der Waals surface area contributed by atoms with E-state index in [1.807, 2.05) is 58.3 Å². The molecule has 3 aromatic rings. The van der Waals surface area contributed by atoms with Crippen LogP contribution < -0.4 is 4.74 Å². The second-order valence-corrected chi connectivity index (χ2v) is 9.51. The van der Waals surface area contributed by atoms with E-state index in [9.17, 15) is 9.59 Å². The van der Waals surface area contributed by atoms with Crippen LogP contribution in [0.3, 0.4) is 0 Å². The zero-order valence-corrected chi connectivity index (χ0v) is 19.8. The van der Waals surface area contributed by atoms with E-state index in [0.717, 1.165) is 23.4 Å². The molecule has 0 spiro atoms. The number of halogens is 1. The molecule has 7 nitrogen and oxygen atoms in total. The lowest BCUT2D eigenvalue weighted by atomic mass is 10.00. The van der Waals surface area contributed by atoms with Crippen LogP contribution >= 0.6 is 11.6 Å². The van der Waals surface area contributed by atoms with Crippen molar-refractivity contribution in [2.75, 3.05) is 13.1 Å². The van der Waals surface area contributed by atoms with E-state index in [0.29, 0.717) is 35.2 Å². The van der Waals surface area contributed by atoms with E-state index < -0.39 is 5.60 Å². The van der Waals surface area contributed by atoms with Gasteiger partial charge in [-0.1, -0.05) is 11.6 Å². The summed E-state index contributed by atoms with van der Waals surface area (Å²) in [7, 11) is 1.97. The van der Waals surface area contributed by atoms with Crippen molar-refractivity contribution >= 4 is 24.0 Å². The molecular formula is C25H26ClN3O4. The number of hydrogen-bond acceptors (Lipinski definition) is 5. The lowest BCUT2D eigenvalue weighted by Gasteiger charge is -2.39. The summed E-state index contributed by atoms with van der Waals surface area (Å²) in [6.45, 7) is 6.76. The van der Waals surface area contributed by atoms with E-state index in [2.05, 4.69) is 9.55 Å². The summed E-state index contributed by atoms with van der Waals surface area (Å²) in [5, 5.41) is 0.496. The molecule has 4 rings (SSSR count). The van der Waals surface area contributed by atoms with Crippen molar-refractivity contribution in [2.24, 2.45) is 7.05 Å². The van der Waals surface area contributed by atoms with E-state index in [-0.39, 0.29) is 12.0 Å². The fourth-order valence-corrected chi connectivity index (χ4v) is 3.87. The number of carbonyl (C=O) groups is 2. The minimum absolute atomic E-state index is 0.170. The average Bonchev–Trinajstić information content (AvgIpc) is 3.07. The number of aldehydes is 1. The highest BCUT2D eigenvalue weighted by molar-refractivity contribution is 6.30. The summed E-state index contributed by atoms with van der Waals surface area (Å²) in [4.78, 5) is 29.7. The van der Waals surface area contributed by atoms with Crippen LogP contribution in [0.15, 0.2) is 48.7 Å². The molecule has 172 valence electrons. The molecule has 0 atom stereocenters. The minimum Gasteiger partial charge on any atom is -0.457 e. The van der Waals surface area contributed by atoms with Crippen LogP contribution in [0, 0.1) is 0 Å². The van der Waals surface area contributed by atoms with Crippen molar-refractivity contribution in [3.63, 3.8) is 0 Å². The van der Waals surface area contributed by atoms with Crippen LogP contribution in [-0.2, 0) is 11.8 Å². The van der Waals surface area contributed by atoms with E-state index in [1.54, 1.807) is 23.1 Å². The van der Waals surface area contributed by atoms with Gasteiger partial charge in [0.2, 0.25) is 0 Å². The van der Waals surface area contributed by atoms with E-state index in [1.165, 1.54) is 0 Å². The average molecular weight is 468 g/mol. The number of rotatable bonds is 5. The maximum Gasteiger partial charge on any atom is 0.410 e. The Labute approximate surface area is 197 Å². The maximum absolute atomic E-state index is 12.2. The number of benzene rings is 2. The minimum atomic E-state index is -0.504. The monoisotopic (exact) mass is 467 g/mol. The number of nitrogens with zero attached hydrogens (tertiary/aromatic N) is 3. The lowest BCUT2D eigenvalue weighted by molar-refractivity contribution is 0.00730. The molecule has 1 aromatic heterocycles. The first-order chi connectivity index (χ1) is 15.6. The predicted molar refractivity (Wildman–Crippen MR) is 126 cm³/mol. The zero-order chi connectivity index (χ0) is 23.8. The summed E-state index contributed by atoms with van der Waals surface area (Å²) < 4.78 is 13.3. The number of hydrogen-bond donors (Lipinski definition) is 0. The van der Waals surface area contributed by atoms with Gasteiger partial charge >= 0.3 is 6.09 Å². The zero-order valence-electron chi connectivity index (χ0n) is 19.0. The topological polar surface area (TPSA) is 73.7 Å². The van der Waals surface area contributed by atoms with Crippen LogP contribution in [0.4, 0.5) is 4.79 Å². The van der Waals surface area contributed by atoms with Gasteiger partial charge in [-0.15, -0.1) is 0 Å². The Morgan fingerprint density at radius 2 is 1.85 bits per heavy atom. The van der Waals surface area contributed by atoms with Crippen molar-refractivity contribution in [1.29, 1.82) is 0 Å². The Morgan fingerprint density at radius 3 is 2.48 bits per heavy atom. The molecule has 2 aromatic carbocycles. The van der Waals surface area contributed by atoms with E-state index >= 15 is 0 Å². The van der Waals surface area contributed by atoms with Gasteiger partial charge in [-0.05, 0) is 57.2 Å². The summed E-state index contributed by atoms with van der Waals surface area (Å²) >= 11 is 6.03. The van der Waals surface area contributed by atoms with Gasteiger partial charge in [0.15, 0.2) is 6.29 Å². The molecule has 0 saturated carbocycles. The smallest absolute Gasteiger partial charge is 0.410 e. The fraction of sp³-hybridized carbons (Fsp3) is 0.320. The molecule has 0 unspecified atom stereocenters. The first-order valence-corrected chi connectivity index (χ1v) is 11.0. The van der Waals surface area contributed by atoms with Crippen molar-refractivity contribution in [3.8, 4) is 22.8 Å². The van der Waals surface area contributed by atoms with Crippen LogP contribution in [-0.4, -0.2) is 45.5 Å². The van der Waals surface area contributed by atoms with Gasteiger partial charge in [0, 0.05) is 36.8 Å². The van der Waals surface area contributed by atoms with Crippen molar-refractivity contribution in [1.82, 2.24) is 14.5 Å². The molecule has 8 heteroatoms. The number of aromatic nitrogens is 2. The Bertz CT molecular complexity index is 1180. The van der Waals surface area contributed by atoms with Gasteiger partial charge in [0.1, 0.15) is 22.9 Å². The SMILES string of the molecule is Cn1c(-c2ccc(Oc3cc(Cl)ccc3C=O)cc2)cnc1C1CN(C(=O)OC(C)(C)C)C1. The summed E-state index contributed by atoms with van der Waals surface area (Å²) in [6.07, 6.45) is 2.28. The Hall–Kier alpha value is -3.32. The molecule has 1 aliphatic rings. The molecule has 1 saturated heterocycles. The highest BCUT2D eigenvalue weighted by Gasteiger charge is 2.36. The molecule has 0 radical (unpaired) electrons. The molecule has 1 aliphatic heterocycles. The Morgan fingerprint density at radius 1 is 1.15 bits per heavy atom. The number of carbonyl (C=O) groups excluding carboxylic acids is 2. The van der Waals surface area contributed by atoms with Crippen LogP contribution in [0.2, 0.25) is 5.02 Å². The molecule has 33 heavy (non-hydrogen) atoms. The predicted octanol–water partition coefficient (Wildman–Crippen LogP) is 5.68. The summed E-state index contributed by atoms with van der Waals surface area (Å²) in [6, 6.07) is 12.4. The van der Waals surface area contributed by atoms with Gasteiger partial charge in [0.25, 0.3) is 0 Å². The highest BCUT2D eigenvalue weighted by atomic mass is 35.5. The molecule has 1 amide bonds. The quantitative estimate of drug-likeness (QED) is 0.451. The van der Waals surface area contributed by atoms with Gasteiger partial charge in [-0.2, -0.15) is 0 Å². The standard InChI is InChI=1S/C25H26ClN3O4/c1-25(2,3)33-24(31)29-13-18(14-29)23-27-12-21(28(23)4)16-6-9-20(10-7-16)32-22-11-19(26)8-5-17(22)15-30/h5-12,15,18H,13-14H2,1-4H3. The maximum atomic E-state index is 12.2. The number of ether oxygens (including phenoxy) is 2. The summed E-state index contributed by atoms with van der Waals surface area (Å²) in [5.74, 6) is 2.11. The first kappa shape index (κ1) is 22.9. The van der Waals surface area contributed by atoms with Gasteiger partial charge in [0.05, 0.1) is 23.4 Å². The Kier molecular flexibility index (Phi) is 6.17. The van der Waals surface area contributed by atoms with Gasteiger partial charge in [-0.25, -0.2) is 9.78 Å². The fourth-order valence-electron chi connectivity index (χ4n) is 3.70. The number of imidazole rings is 1. The third-order valence-electron chi connectivity index (χ3n) is 5.40. The Balaban J connectivity index is 1.44. The van der Waals surface area contributed by atoms with Crippen molar-refractivity contribution in [2.45, 2.75) is 32.3 Å². The molecule has 0 aliphatic carbocycles. The lowest BCUT2D eigenvalue weighted by Crippen LogP contribution is -2.50. The van der Waals surface area contributed by atoms with Gasteiger partial charge in [-0.3, -0.25) is 4.79 Å². The normalized spacial score (nSPS) is 14.0. The summed E-state index contributed by atoms with van der Waals surface area (Å²) in [5.41, 5.74) is 1.87. The molecule has 0 N–H and O–H groups in total. The van der Waals surface area contributed by atoms with Crippen LogP contribution in [0.25, 0.3) is 11.3 Å². The molecular weight excluding hydrogens is 442 g/mol. The third-order valence-corrected chi connectivity index (χ3v) is 5.64. The molecule has 2 heterocycles. The van der Waals surface area contributed by atoms with Crippen molar-refractivity contribution < 1.29 is 19.1 Å². The molecule has 0 bridgehead atoms. The molecule has 1 fully saturated rings. The first-order valence-electron chi connectivity index (χ1n) is 10.7. The van der Waals surface area contributed by atoms with Crippen LogP contribution in [0.5, 0.6) is 11.5 Å². The number of amides is 1.